The lowest BCUT2D eigenvalue weighted by molar-refractivity contribution is -0.127. The lowest BCUT2D eigenvalue weighted by Crippen LogP contribution is -2.47. The van der Waals surface area contributed by atoms with E-state index in [1.165, 1.54) is 25.7 Å². The van der Waals surface area contributed by atoms with E-state index in [1.54, 1.807) is 16.4 Å². The van der Waals surface area contributed by atoms with E-state index in [0.717, 1.165) is 17.4 Å². The third kappa shape index (κ3) is 4.70. The molecule has 1 N–H and O–H groups in total. The molecule has 5 nitrogen and oxygen atoms in total. The summed E-state index contributed by atoms with van der Waals surface area (Å²) in [5.74, 6) is 2.31. The fourth-order valence-electron chi connectivity index (χ4n) is 5.99. The molecule has 3 fully saturated rings. The minimum atomic E-state index is -3.51. The summed E-state index contributed by atoms with van der Waals surface area (Å²) in [6.07, 6.45) is 6.48. The third-order valence-electron chi connectivity index (χ3n) is 7.99. The first-order chi connectivity index (χ1) is 14.6. The van der Waals surface area contributed by atoms with Gasteiger partial charge in [0.2, 0.25) is 15.9 Å². The second-order valence-corrected chi connectivity index (χ2v) is 13.0. The number of hydrogen-bond acceptors (Lipinski definition) is 3. The van der Waals surface area contributed by atoms with E-state index in [4.69, 9.17) is 0 Å². The highest BCUT2D eigenvalue weighted by Crippen LogP contribution is 2.49. The molecular formula is C25H38N2O3S. The Labute approximate surface area is 188 Å². The van der Waals surface area contributed by atoms with E-state index in [2.05, 4.69) is 33.0 Å². The SMILES string of the molecule is C[C@H](NC(=O)C1CCN(S(=O)(=O)c2ccc(C(C)(C)C)cc2)CC1)[C@H]1C[C@H]2CC[C@H]1C2. The zero-order valence-electron chi connectivity index (χ0n) is 19.4. The predicted molar refractivity (Wildman–Crippen MR) is 123 cm³/mol. The molecule has 1 saturated heterocycles. The molecule has 4 rings (SSSR count). The topological polar surface area (TPSA) is 66.5 Å². The number of sulfonamides is 1. The molecule has 1 aromatic rings. The largest absolute Gasteiger partial charge is 0.353 e. The predicted octanol–water partition coefficient (Wildman–Crippen LogP) is 4.33. The van der Waals surface area contributed by atoms with Crippen molar-refractivity contribution in [2.24, 2.45) is 23.7 Å². The molecule has 1 heterocycles. The molecule has 31 heavy (non-hydrogen) atoms. The molecule has 1 aromatic carbocycles. The number of fused-ring (bicyclic) bond motifs is 2. The lowest BCUT2D eigenvalue weighted by Gasteiger charge is -2.33. The number of amides is 1. The molecular weight excluding hydrogens is 408 g/mol. The van der Waals surface area contributed by atoms with Crippen molar-refractivity contribution in [3.05, 3.63) is 29.8 Å². The fourth-order valence-corrected chi connectivity index (χ4v) is 7.46. The van der Waals surface area contributed by atoms with E-state index >= 15 is 0 Å². The zero-order chi connectivity index (χ0) is 22.4. The summed E-state index contributed by atoms with van der Waals surface area (Å²) in [6, 6.07) is 7.47. The van der Waals surface area contributed by atoms with Crippen LogP contribution in [0, 0.1) is 23.7 Å². The average Bonchev–Trinajstić information content (AvgIpc) is 3.37. The molecule has 0 spiro atoms. The van der Waals surface area contributed by atoms with Gasteiger partial charge in [0.25, 0.3) is 0 Å². The van der Waals surface area contributed by atoms with Crippen molar-refractivity contribution >= 4 is 15.9 Å². The van der Waals surface area contributed by atoms with Gasteiger partial charge in [0.15, 0.2) is 0 Å². The van der Waals surface area contributed by atoms with Gasteiger partial charge in [0.05, 0.1) is 4.90 Å². The molecule has 6 heteroatoms. The van der Waals surface area contributed by atoms with Gasteiger partial charge in [-0.05, 0) is 79.9 Å². The second-order valence-electron chi connectivity index (χ2n) is 11.1. The number of rotatable bonds is 5. The Morgan fingerprint density at radius 2 is 1.68 bits per heavy atom. The van der Waals surface area contributed by atoms with Gasteiger partial charge in [0, 0.05) is 25.0 Å². The Balaban J connectivity index is 1.32. The molecule has 172 valence electrons. The first-order valence-corrected chi connectivity index (χ1v) is 13.4. The summed E-state index contributed by atoms with van der Waals surface area (Å²) < 4.78 is 27.7. The molecule has 2 saturated carbocycles. The van der Waals surface area contributed by atoms with Crippen LogP contribution in [-0.4, -0.2) is 37.8 Å². The molecule has 3 aliphatic rings. The maximum absolute atomic E-state index is 13.1. The highest BCUT2D eigenvalue weighted by molar-refractivity contribution is 7.89. The van der Waals surface area contributed by atoms with Crippen LogP contribution in [0.1, 0.15) is 71.8 Å². The van der Waals surface area contributed by atoms with Gasteiger partial charge in [-0.3, -0.25) is 4.79 Å². The number of benzene rings is 1. The molecule has 1 aliphatic heterocycles. The minimum absolute atomic E-state index is 0.0107. The number of nitrogens with zero attached hydrogens (tertiary/aromatic N) is 1. The van der Waals surface area contributed by atoms with Gasteiger partial charge in [-0.1, -0.05) is 39.3 Å². The van der Waals surface area contributed by atoms with Crippen LogP contribution in [0.3, 0.4) is 0 Å². The Hall–Kier alpha value is -1.40. The zero-order valence-corrected chi connectivity index (χ0v) is 20.2. The summed E-state index contributed by atoms with van der Waals surface area (Å²) in [4.78, 5) is 13.2. The third-order valence-corrected chi connectivity index (χ3v) is 9.90. The average molecular weight is 447 g/mol. The lowest BCUT2D eigenvalue weighted by atomic mass is 9.83. The first-order valence-electron chi connectivity index (χ1n) is 12.0. The van der Waals surface area contributed by atoms with Gasteiger partial charge in [-0.2, -0.15) is 4.31 Å². The standard InChI is InChI=1S/C25H38N2O3S/c1-17(23-16-18-5-6-20(23)15-18)26-24(28)19-11-13-27(14-12-19)31(29,30)22-9-7-21(8-10-22)25(2,3)4/h7-10,17-20,23H,5-6,11-16H2,1-4H3,(H,26,28)/t17-,18-,20-,23+/m0/s1. The van der Waals surface area contributed by atoms with Crippen molar-refractivity contribution in [2.45, 2.75) is 82.6 Å². The Morgan fingerprint density at radius 1 is 1.03 bits per heavy atom. The maximum atomic E-state index is 13.1. The normalized spacial score (nSPS) is 28.6. The number of hydrogen-bond donors (Lipinski definition) is 1. The van der Waals surface area contributed by atoms with E-state index in [1.807, 2.05) is 12.1 Å². The monoisotopic (exact) mass is 446 g/mol. The van der Waals surface area contributed by atoms with Crippen LogP contribution in [0.2, 0.25) is 0 Å². The summed E-state index contributed by atoms with van der Waals surface area (Å²) >= 11 is 0. The van der Waals surface area contributed by atoms with Crippen molar-refractivity contribution in [3.63, 3.8) is 0 Å². The Bertz CT molecular complexity index is 896. The van der Waals surface area contributed by atoms with E-state index in [0.29, 0.717) is 36.7 Å². The molecule has 0 aromatic heterocycles. The van der Waals surface area contributed by atoms with Crippen LogP contribution in [0.15, 0.2) is 29.2 Å². The summed E-state index contributed by atoms with van der Waals surface area (Å²) in [7, 11) is -3.51. The van der Waals surface area contributed by atoms with Crippen molar-refractivity contribution < 1.29 is 13.2 Å². The maximum Gasteiger partial charge on any atom is 0.243 e. The van der Waals surface area contributed by atoms with Crippen LogP contribution in [0.5, 0.6) is 0 Å². The Kier molecular flexibility index (Phi) is 6.25. The molecule has 4 atom stereocenters. The van der Waals surface area contributed by atoms with Crippen molar-refractivity contribution in [3.8, 4) is 0 Å². The summed E-state index contributed by atoms with van der Waals surface area (Å²) in [5, 5.41) is 3.28. The fraction of sp³-hybridized carbons (Fsp3) is 0.720. The van der Waals surface area contributed by atoms with Crippen molar-refractivity contribution in [1.82, 2.24) is 9.62 Å². The van der Waals surface area contributed by atoms with Crippen LogP contribution >= 0.6 is 0 Å². The molecule has 1 amide bonds. The van der Waals surface area contributed by atoms with E-state index < -0.39 is 10.0 Å². The quantitative estimate of drug-likeness (QED) is 0.732. The summed E-state index contributed by atoms with van der Waals surface area (Å²) in [5.41, 5.74) is 1.11. The van der Waals surface area contributed by atoms with Crippen molar-refractivity contribution in [2.75, 3.05) is 13.1 Å². The van der Waals surface area contributed by atoms with Crippen LogP contribution < -0.4 is 5.32 Å². The van der Waals surface area contributed by atoms with E-state index in [-0.39, 0.29) is 23.3 Å². The minimum Gasteiger partial charge on any atom is -0.353 e. The number of piperidine rings is 1. The van der Waals surface area contributed by atoms with Gasteiger partial charge in [0.1, 0.15) is 0 Å². The van der Waals surface area contributed by atoms with Crippen molar-refractivity contribution in [1.29, 1.82) is 0 Å². The smallest absolute Gasteiger partial charge is 0.243 e. The molecule has 2 aliphatic carbocycles. The second kappa shape index (κ2) is 8.51. The highest BCUT2D eigenvalue weighted by Gasteiger charge is 2.42. The highest BCUT2D eigenvalue weighted by atomic mass is 32.2. The van der Waals surface area contributed by atoms with Gasteiger partial charge < -0.3 is 5.32 Å². The van der Waals surface area contributed by atoms with Gasteiger partial charge in [-0.15, -0.1) is 0 Å². The number of carbonyl (C=O) groups is 1. The Morgan fingerprint density at radius 3 is 2.19 bits per heavy atom. The molecule has 2 bridgehead atoms. The van der Waals surface area contributed by atoms with Crippen LogP contribution in [-0.2, 0) is 20.2 Å². The van der Waals surface area contributed by atoms with Crippen LogP contribution in [0.25, 0.3) is 0 Å². The number of carbonyl (C=O) groups excluding carboxylic acids is 1. The van der Waals surface area contributed by atoms with Gasteiger partial charge >= 0.3 is 0 Å². The molecule has 0 radical (unpaired) electrons. The summed E-state index contributed by atoms with van der Waals surface area (Å²) in [6.45, 7) is 9.32. The number of nitrogens with one attached hydrogen (secondary N) is 1. The first kappa shape index (κ1) is 22.8. The van der Waals surface area contributed by atoms with Crippen LogP contribution in [0.4, 0.5) is 0 Å². The van der Waals surface area contributed by atoms with E-state index in [9.17, 15) is 13.2 Å². The van der Waals surface area contributed by atoms with Gasteiger partial charge in [-0.25, -0.2) is 8.42 Å². The molecule has 0 unspecified atom stereocenters.